The van der Waals surface area contributed by atoms with Crippen LogP contribution in [0.3, 0.4) is 0 Å². The van der Waals surface area contributed by atoms with E-state index in [1.54, 1.807) is 0 Å². The van der Waals surface area contributed by atoms with Gasteiger partial charge < -0.3 is 0 Å². The maximum Gasteiger partial charge on any atom is 0.138 e. The van der Waals surface area contributed by atoms with Gasteiger partial charge in [-0.3, -0.25) is 4.79 Å². The molecule has 0 aliphatic carbocycles. The Kier molecular flexibility index (Phi) is 5.40. The zero-order valence-corrected chi connectivity index (χ0v) is 11.5. The van der Waals surface area contributed by atoms with Crippen LogP contribution in [0.5, 0.6) is 0 Å². The van der Waals surface area contributed by atoms with E-state index in [-0.39, 0.29) is 13.3 Å². The third kappa shape index (κ3) is 4.33. The van der Waals surface area contributed by atoms with Crippen molar-refractivity contribution in [2.24, 2.45) is 11.8 Å². The van der Waals surface area contributed by atoms with Crippen molar-refractivity contribution in [3.63, 3.8) is 0 Å². The van der Waals surface area contributed by atoms with Crippen LogP contribution >= 0.6 is 0 Å². The Morgan fingerprint density at radius 2 is 1.65 bits per heavy atom. The molecule has 0 saturated heterocycles. The van der Waals surface area contributed by atoms with E-state index in [9.17, 15) is 4.79 Å². The number of ketones is 1. The predicted octanol–water partition coefficient (Wildman–Crippen LogP) is 4.29. The number of benzene rings is 1. The molecule has 0 aliphatic rings. The first kappa shape index (κ1) is 14.0. The second-order valence-corrected chi connectivity index (χ2v) is 5.17. The quantitative estimate of drug-likeness (QED) is 0.717. The van der Waals surface area contributed by atoms with E-state index >= 15 is 0 Å². The summed E-state index contributed by atoms with van der Waals surface area (Å²) in [4.78, 5) is 11.8. The molecule has 0 bridgehead atoms. The molecule has 1 heteroatoms. The largest absolute Gasteiger partial charge is 0.299 e. The molecule has 0 aliphatic heterocycles. The Bertz CT molecular complexity index is 354. The molecule has 0 N–H and O–H groups in total. The summed E-state index contributed by atoms with van der Waals surface area (Å²) >= 11 is 0. The minimum atomic E-state index is 0. The Morgan fingerprint density at radius 3 is 2.12 bits per heavy atom. The molecule has 0 spiro atoms. The first-order valence-corrected chi connectivity index (χ1v) is 6.66. The van der Waals surface area contributed by atoms with Crippen LogP contribution in [0.15, 0.2) is 24.3 Å². The SMILES string of the molecule is CCc1ccc(CCC(C)C(=O)C(C)C)cc1.[HH]. The maximum atomic E-state index is 11.8. The van der Waals surface area contributed by atoms with Gasteiger partial charge in [-0.2, -0.15) is 0 Å². The van der Waals surface area contributed by atoms with Crippen molar-refractivity contribution in [3.8, 4) is 0 Å². The molecule has 0 aromatic heterocycles. The minimum Gasteiger partial charge on any atom is -0.299 e. The molecule has 1 nitrogen and oxygen atoms in total. The topological polar surface area (TPSA) is 17.1 Å². The molecular weight excluding hydrogens is 208 g/mol. The Hall–Kier alpha value is -1.11. The van der Waals surface area contributed by atoms with Crippen LogP contribution in [-0.2, 0) is 17.6 Å². The van der Waals surface area contributed by atoms with E-state index in [1.807, 2.05) is 20.8 Å². The lowest BCUT2D eigenvalue weighted by Gasteiger charge is -2.12. The standard InChI is InChI=1S/C16H24O.H2/c1-5-14-8-10-15(11-9-14)7-6-13(4)16(17)12(2)3;/h8-13H,5-7H2,1-4H3;1H. The molecule has 0 heterocycles. The van der Waals surface area contributed by atoms with Gasteiger partial charge in [0.05, 0.1) is 0 Å². The smallest absolute Gasteiger partial charge is 0.138 e. The minimum absolute atomic E-state index is 0. The number of hydrogen-bond acceptors (Lipinski definition) is 1. The van der Waals surface area contributed by atoms with Gasteiger partial charge in [0.25, 0.3) is 0 Å². The van der Waals surface area contributed by atoms with Crippen molar-refractivity contribution < 1.29 is 6.22 Å². The summed E-state index contributed by atoms with van der Waals surface area (Å²) in [6.45, 7) is 8.17. The second kappa shape index (κ2) is 6.58. The van der Waals surface area contributed by atoms with E-state index < -0.39 is 0 Å². The molecule has 96 valence electrons. The summed E-state index contributed by atoms with van der Waals surface area (Å²) in [7, 11) is 0. The van der Waals surface area contributed by atoms with Gasteiger partial charge in [0.2, 0.25) is 0 Å². The number of Topliss-reactive ketones (excluding diaryl/α,β-unsaturated/α-hetero) is 1. The van der Waals surface area contributed by atoms with E-state index in [4.69, 9.17) is 0 Å². The summed E-state index contributed by atoms with van der Waals surface area (Å²) in [5, 5.41) is 0. The highest BCUT2D eigenvalue weighted by Gasteiger charge is 2.15. The number of rotatable bonds is 6. The van der Waals surface area contributed by atoms with Crippen LogP contribution in [0.4, 0.5) is 0 Å². The molecule has 1 rings (SSSR count). The summed E-state index contributed by atoms with van der Waals surface area (Å²) in [6, 6.07) is 8.74. The molecule has 1 atom stereocenters. The van der Waals surface area contributed by atoms with Crippen molar-refractivity contribution >= 4 is 5.78 Å². The highest BCUT2D eigenvalue weighted by atomic mass is 16.1. The molecule has 17 heavy (non-hydrogen) atoms. The summed E-state index contributed by atoms with van der Waals surface area (Å²) in [5.41, 5.74) is 2.71. The number of carbonyl (C=O) groups is 1. The fourth-order valence-electron chi connectivity index (χ4n) is 2.04. The first-order chi connectivity index (χ1) is 8.04. The summed E-state index contributed by atoms with van der Waals surface area (Å²) in [6.07, 6.45) is 3.05. The molecular formula is C16H26O. The average Bonchev–Trinajstić information content (AvgIpc) is 2.35. The Morgan fingerprint density at radius 1 is 1.12 bits per heavy atom. The number of hydrogen-bond donors (Lipinski definition) is 0. The van der Waals surface area contributed by atoms with Gasteiger partial charge in [-0.1, -0.05) is 52.0 Å². The first-order valence-electron chi connectivity index (χ1n) is 6.66. The number of carbonyl (C=O) groups excluding carboxylic acids is 1. The van der Waals surface area contributed by atoms with Crippen LogP contribution in [0.2, 0.25) is 0 Å². The normalized spacial score (nSPS) is 12.8. The van der Waals surface area contributed by atoms with E-state index in [0.29, 0.717) is 5.78 Å². The predicted molar refractivity (Wildman–Crippen MR) is 75.3 cm³/mol. The van der Waals surface area contributed by atoms with Gasteiger partial charge in [0, 0.05) is 13.3 Å². The number of aryl methyl sites for hydroxylation is 2. The van der Waals surface area contributed by atoms with E-state index in [0.717, 1.165) is 19.3 Å². The van der Waals surface area contributed by atoms with E-state index in [2.05, 4.69) is 31.2 Å². The van der Waals surface area contributed by atoms with E-state index in [1.165, 1.54) is 11.1 Å². The van der Waals surface area contributed by atoms with Crippen molar-refractivity contribution in [3.05, 3.63) is 35.4 Å². The zero-order valence-electron chi connectivity index (χ0n) is 11.5. The highest BCUT2D eigenvalue weighted by Crippen LogP contribution is 2.15. The van der Waals surface area contributed by atoms with Crippen molar-refractivity contribution in [2.75, 3.05) is 0 Å². The molecule has 0 saturated carbocycles. The lowest BCUT2D eigenvalue weighted by Crippen LogP contribution is -2.17. The van der Waals surface area contributed by atoms with Gasteiger partial charge >= 0.3 is 0 Å². The molecule has 1 unspecified atom stereocenters. The van der Waals surface area contributed by atoms with Gasteiger partial charge in [-0.05, 0) is 30.4 Å². The lowest BCUT2D eigenvalue weighted by atomic mass is 9.91. The fraction of sp³-hybridized carbons (Fsp3) is 0.562. The monoisotopic (exact) mass is 234 g/mol. The summed E-state index contributed by atoms with van der Waals surface area (Å²) < 4.78 is 0. The Labute approximate surface area is 107 Å². The summed E-state index contributed by atoms with van der Waals surface area (Å²) in [5.74, 6) is 0.725. The van der Waals surface area contributed by atoms with Crippen molar-refractivity contribution in [2.45, 2.75) is 47.0 Å². The third-order valence-corrected chi connectivity index (χ3v) is 3.35. The molecule has 1 aromatic carbocycles. The van der Waals surface area contributed by atoms with Gasteiger partial charge in [-0.25, -0.2) is 0 Å². The van der Waals surface area contributed by atoms with Crippen LogP contribution in [0.25, 0.3) is 0 Å². The zero-order chi connectivity index (χ0) is 12.8. The van der Waals surface area contributed by atoms with Gasteiger partial charge in [0.15, 0.2) is 0 Å². The van der Waals surface area contributed by atoms with Crippen molar-refractivity contribution in [1.82, 2.24) is 0 Å². The van der Waals surface area contributed by atoms with Gasteiger partial charge in [0.1, 0.15) is 5.78 Å². The highest BCUT2D eigenvalue weighted by molar-refractivity contribution is 5.82. The van der Waals surface area contributed by atoms with Gasteiger partial charge in [-0.15, -0.1) is 0 Å². The van der Waals surface area contributed by atoms with Crippen LogP contribution in [-0.4, -0.2) is 5.78 Å². The Balaban J connectivity index is 0.00000289. The molecule has 0 fully saturated rings. The third-order valence-electron chi connectivity index (χ3n) is 3.35. The maximum absolute atomic E-state index is 11.8. The van der Waals surface area contributed by atoms with Crippen LogP contribution in [0.1, 0.15) is 46.7 Å². The second-order valence-electron chi connectivity index (χ2n) is 5.17. The molecule has 0 radical (unpaired) electrons. The lowest BCUT2D eigenvalue weighted by molar-refractivity contribution is -0.125. The fourth-order valence-corrected chi connectivity index (χ4v) is 2.04. The molecule has 0 amide bonds. The average molecular weight is 234 g/mol. The van der Waals surface area contributed by atoms with Crippen LogP contribution < -0.4 is 0 Å². The van der Waals surface area contributed by atoms with Crippen LogP contribution in [0, 0.1) is 11.8 Å². The molecule has 1 aromatic rings. The van der Waals surface area contributed by atoms with Crippen molar-refractivity contribution in [1.29, 1.82) is 0 Å².